The molecule has 2 aromatic heterocycles. The Kier molecular flexibility index (Phi) is 11.4. The number of likely N-dealkylation sites (tertiary alicyclic amines) is 1. The number of sulfonamides is 1. The van der Waals surface area contributed by atoms with Gasteiger partial charge in [0.1, 0.15) is 11.4 Å². The summed E-state index contributed by atoms with van der Waals surface area (Å²) in [7, 11) is -4.41. The number of nitrogens with one attached hydrogen (secondary N) is 3. The number of amides is 1. The second-order valence-corrected chi connectivity index (χ2v) is 19.5. The third kappa shape index (κ3) is 8.41. The number of nitrogens with zero attached hydrogens (tertiary/aromatic N) is 3. The highest BCUT2D eigenvalue weighted by atomic mass is 32.2. The van der Waals surface area contributed by atoms with E-state index in [2.05, 4.69) is 63.0 Å². The molecule has 3 aliphatic heterocycles. The van der Waals surface area contributed by atoms with Gasteiger partial charge in [-0.2, -0.15) is 0 Å². The molecular formula is C47H56FN7O5S. The van der Waals surface area contributed by atoms with Crippen LogP contribution in [0.3, 0.4) is 0 Å². The van der Waals surface area contributed by atoms with Gasteiger partial charge in [-0.3, -0.25) is 9.69 Å². The summed E-state index contributed by atoms with van der Waals surface area (Å²) in [5.41, 5.74) is 10.9. The Hall–Kier alpha value is -5.18. The van der Waals surface area contributed by atoms with E-state index >= 15 is 4.39 Å². The van der Waals surface area contributed by atoms with Gasteiger partial charge in [-0.05, 0) is 129 Å². The van der Waals surface area contributed by atoms with Crippen LogP contribution in [0.5, 0.6) is 11.5 Å². The van der Waals surface area contributed by atoms with Crippen LogP contribution >= 0.6 is 0 Å². The zero-order valence-electron chi connectivity index (χ0n) is 35.0. The molecule has 1 unspecified atom stereocenters. The fourth-order valence-electron chi connectivity index (χ4n) is 10.2. The number of hydrogen-bond donors (Lipinski definition) is 4. The zero-order chi connectivity index (χ0) is 42.3. The molecule has 5 aromatic rings. The Labute approximate surface area is 357 Å². The van der Waals surface area contributed by atoms with E-state index in [9.17, 15) is 13.2 Å². The van der Waals surface area contributed by atoms with E-state index in [1.807, 2.05) is 11.0 Å². The number of rotatable bonds is 12. The molecule has 61 heavy (non-hydrogen) atoms. The van der Waals surface area contributed by atoms with Crippen LogP contribution < -0.4 is 25.4 Å². The zero-order valence-corrected chi connectivity index (χ0v) is 35.8. The predicted molar refractivity (Wildman–Crippen MR) is 236 cm³/mol. The Morgan fingerprint density at radius 2 is 1.82 bits per heavy atom. The van der Waals surface area contributed by atoms with Crippen molar-refractivity contribution in [1.29, 1.82) is 0 Å². The summed E-state index contributed by atoms with van der Waals surface area (Å²) < 4.78 is 57.9. The first-order valence-corrected chi connectivity index (χ1v) is 23.3. The van der Waals surface area contributed by atoms with Crippen molar-refractivity contribution in [2.45, 2.75) is 88.1 Å². The van der Waals surface area contributed by atoms with Gasteiger partial charge in [-0.1, -0.05) is 38.1 Å². The van der Waals surface area contributed by atoms with Crippen molar-refractivity contribution >= 4 is 44.0 Å². The SMILES string of the molecule is CC(C)c1ccccc1C1CCCN1C1CC2(CCN(c3ccc(C(=O)NS(=O)(=O)c4ccc(NCC5CCOCC5)c(N)c4)c(Oc4cnc5[nH]ccc5c4)c3F)CC2)C1. The first kappa shape index (κ1) is 41.2. The number of piperidine rings is 1. The summed E-state index contributed by atoms with van der Waals surface area (Å²) in [6.45, 7) is 9.10. The number of carbonyl (C=O) groups excluding carboxylic acids is 1. The fraction of sp³-hybridized carbons (Fsp3) is 0.447. The van der Waals surface area contributed by atoms with Gasteiger partial charge in [0.25, 0.3) is 15.9 Å². The molecule has 3 saturated heterocycles. The fourth-order valence-corrected chi connectivity index (χ4v) is 11.2. The normalized spacial score (nSPS) is 20.0. The lowest BCUT2D eigenvalue weighted by Gasteiger charge is -2.56. The summed E-state index contributed by atoms with van der Waals surface area (Å²) >= 11 is 0. The highest BCUT2D eigenvalue weighted by Crippen LogP contribution is 2.54. The number of H-pyrrole nitrogens is 1. The third-order valence-corrected chi connectivity index (χ3v) is 15.0. The number of aromatic amines is 1. The van der Waals surface area contributed by atoms with Crippen molar-refractivity contribution in [3.63, 3.8) is 0 Å². The molecular weight excluding hydrogens is 794 g/mol. The van der Waals surface area contributed by atoms with Gasteiger partial charge in [0.05, 0.1) is 33.7 Å². The number of nitrogens with two attached hydrogens (primary N) is 1. The monoisotopic (exact) mass is 849 g/mol. The van der Waals surface area contributed by atoms with Gasteiger partial charge in [0.2, 0.25) is 0 Å². The van der Waals surface area contributed by atoms with Gasteiger partial charge >= 0.3 is 0 Å². The average molecular weight is 850 g/mol. The van der Waals surface area contributed by atoms with Crippen LogP contribution in [0.4, 0.5) is 21.5 Å². The molecule has 9 rings (SSSR count). The van der Waals surface area contributed by atoms with Crippen LogP contribution in [0.25, 0.3) is 11.0 Å². The molecule has 1 spiro atoms. The highest BCUT2D eigenvalue weighted by Gasteiger charge is 2.50. The maximum atomic E-state index is 17.0. The lowest BCUT2D eigenvalue weighted by molar-refractivity contribution is -0.0228. The van der Waals surface area contributed by atoms with E-state index in [1.165, 1.54) is 48.4 Å². The van der Waals surface area contributed by atoms with Crippen molar-refractivity contribution < 1.29 is 27.1 Å². The van der Waals surface area contributed by atoms with E-state index < -0.39 is 21.7 Å². The molecule has 1 atom stereocenters. The largest absolute Gasteiger partial charge is 0.452 e. The summed E-state index contributed by atoms with van der Waals surface area (Å²) in [5, 5.41) is 4.04. The van der Waals surface area contributed by atoms with Crippen molar-refractivity contribution in [3.8, 4) is 11.5 Å². The summed E-state index contributed by atoms with van der Waals surface area (Å²) in [4.78, 5) is 25.9. The smallest absolute Gasteiger partial charge is 0.268 e. The van der Waals surface area contributed by atoms with Crippen molar-refractivity contribution in [1.82, 2.24) is 19.6 Å². The number of nitrogen functional groups attached to an aromatic ring is 1. The third-order valence-electron chi connectivity index (χ3n) is 13.6. The number of fused-ring (bicyclic) bond motifs is 1. The van der Waals surface area contributed by atoms with Crippen LogP contribution in [-0.4, -0.2) is 74.6 Å². The molecule has 322 valence electrons. The molecule has 5 N–H and O–H groups in total. The Morgan fingerprint density at radius 3 is 2.59 bits per heavy atom. The Bertz CT molecular complexity index is 2510. The number of benzene rings is 3. The average Bonchev–Trinajstić information content (AvgIpc) is 3.93. The Balaban J connectivity index is 0.908. The topological polar surface area (TPSA) is 155 Å². The molecule has 0 bridgehead atoms. The minimum atomic E-state index is -4.41. The number of aromatic nitrogens is 2. The van der Waals surface area contributed by atoms with Gasteiger partial charge in [0, 0.05) is 56.5 Å². The van der Waals surface area contributed by atoms with E-state index in [0.717, 1.165) is 50.5 Å². The van der Waals surface area contributed by atoms with E-state index in [-0.39, 0.29) is 33.1 Å². The second kappa shape index (κ2) is 16.9. The van der Waals surface area contributed by atoms with Crippen LogP contribution in [-0.2, 0) is 14.8 Å². The molecule has 1 aliphatic carbocycles. The molecule has 12 nitrogen and oxygen atoms in total. The first-order valence-electron chi connectivity index (χ1n) is 21.8. The van der Waals surface area contributed by atoms with Crippen LogP contribution in [0.15, 0.2) is 84.0 Å². The van der Waals surface area contributed by atoms with Crippen molar-refractivity contribution in [2.75, 3.05) is 55.3 Å². The molecule has 0 radical (unpaired) electrons. The first-order chi connectivity index (χ1) is 29.5. The summed E-state index contributed by atoms with van der Waals surface area (Å²) in [6, 6.07) is 20.7. The van der Waals surface area contributed by atoms with Gasteiger partial charge in [-0.15, -0.1) is 0 Å². The maximum absolute atomic E-state index is 17.0. The number of pyridine rings is 1. The van der Waals surface area contributed by atoms with Crippen molar-refractivity contribution in [2.24, 2.45) is 11.3 Å². The van der Waals surface area contributed by atoms with E-state index in [0.29, 0.717) is 73.8 Å². The summed E-state index contributed by atoms with van der Waals surface area (Å²) in [5.74, 6) is -1.05. The minimum Gasteiger partial charge on any atom is -0.452 e. The van der Waals surface area contributed by atoms with Crippen LogP contribution in [0, 0.1) is 17.2 Å². The molecule has 3 aromatic carbocycles. The molecule has 4 fully saturated rings. The van der Waals surface area contributed by atoms with Crippen molar-refractivity contribution in [3.05, 3.63) is 102 Å². The highest BCUT2D eigenvalue weighted by molar-refractivity contribution is 7.90. The van der Waals surface area contributed by atoms with E-state index in [1.54, 1.807) is 24.4 Å². The number of halogens is 1. The second-order valence-electron chi connectivity index (χ2n) is 17.8. The molecule has 1 saturated carbocycles. The number of anilines is 3. The number of ether oxygens (including phenoxy) is 2. The predicted octanol–water partition coefficient (Wildman–Crippen LogP) is 8.74. The van der Waals surface area contributed by atoms with E-state index in [4.69, 9.17) is 15.2 Å². The van der Waals surface area contributed by atoms with Gasteiger partial charge in [0.15, 0.2) is 11.6 Å². The quantitative estimate of drug-likeness (QED) is 0.0897. The van der Waals surface area contributed by atoms with Crippen LogP contribution in [0.1, 0.15) is 98.7 Å². The number of carbonyl (C=O) groups is 1. The molecule has 1 amide bonds. The summed E-state index contributed by atoms with van der Waals surface area (Å²) in [6.07, 6.45) is 11.6. The lowest BCUT2D eigenvalue weighted by Crippen LogP contribution is -2.55. The lowest BCUT2D eigenvalue weighted by atomic mass is 9.59. The molecule has 14 heteroatoms. The van der Waals surface area contributed by atoms with Crippen LogP contribution in [0.2, 0.25) is 0 Å². The molecule has 4 aliphatic rings. The molecule has 5 heterocycles. The Morgan fingerprint density at radius 1 is 1.03 bits per heavy atom. The van der Waals surface area contributed by atoms with Gasteiger partial charge < -0.3 is 30.4 Å². The maximum Gasteiger partial charge on any atom is 0.268 e. The standard InChI is InChI=1S/C47H56FN7O5S/c1-30(2)36-6-3-4-7-37(36)41-8-5-19-55(41)33-26-47(27-33)16-20-54(21-17-47)42-12-10-38(44(43(42)48)60-34-24-32-13-18-50-45(32)52-29-34)46(56)53-61(57,58)35-9-11-40(39(49)25-35)51-28-31-14-22-59-23-15-31/h3-4,6-7,9-13,18,24-25,29-31,33,41,51H,5,8,14-17,19-23,26-28,49H2,1-2H3,(H,50,52)(H,53,56). The van der Waals surface area contributed by atoms with Gasteiger partial charge in [-0.25, -0.2) is 22.5 Å². The number of hydrogen-bond acceptors (Lipinski definition) is 10. The minimum absolute atomic E-state index is 0.197.